The SMILES string of the molecule is CC(C)(C)N1C(=O)C(=NCCCOc2ccc[n+]([O-])c2)C(c2ccccc2)S1(=O)=O. The van der Waals surface area contributed by atoms with Crippen molar-refractivity contribution in [2.75, 3.05) is 13.2 Å². The van der Waals surface area contributed by atoms with Crippen LogP contribution >= 0.6 is 0 Å². The van der Waals surface area contributed by atoms with E-state index in [0.717, 1.165) is 4.31 Å². The molecule has 3 rings (SSSR count). The molecule has 0 bridgehead atoms. The Labute approximate surface area is 176 Å². The molecule has 8 nitrogen and oxygen atoms in total. The minimum Gasteiger partial charge on any atom is -0.619 e. The molecule has 0 spiro atoms. The molecule has 1 aliphatic heterocycles. The number of ether oxygens (including phenoxy) is 1. The van der Waals surface area contributed by atoms with Crippen molar-refractivity contribution in [3.8, 4) is 5.75 Å². The van der Waals surface area contributed by atoms with Crippen molar-refractivity contribution in [2.45, 2.75) is 38.0 Å². The Balaban J connectivity index is 1.80. The number of benzene rings is 1. The minimum absolute atomic E-state index is 0.0215. The Hall–Kier alpha value is -2.94. The molecule has 2 aromatic rings. The molecule has 9 heteroatoms. The van der Waals surface area contributed by atoms with E-state index in [1.807, 2.05) is 0 Å². The number of hydrogen-bond donors (Lipinski definition) is 0. The quantitative estimate of drug-likeness (QED) is 0.396. The van der Waals surface area contributed by atoms with Crippen molar-refractivity contribution in [3.63, 3.8) is 0 Å². The highest BCUT2D eigenvalue weighted by atomic mass is 32.2. The summed E-state index contributed by atoms with van der Waals surface area (Å²) in [5, 5.41) is 10.1. The van der Waals surface area contributed by atoms with Crippen LogP contribution in [-0.4, -0.2) is 43.0 Å². The molecule has 30 heavy (non-hydrogen) atoms. The summed E-state index contributed by atoms with van der Waals surface area (Å²) in [5.74, 6) is -0.159. The lowest BCUT2D eigenvalue weighted by Gasteiger charge is -2.30. The number of aromatic nitrogens is 1. The molecule has 1 atom stereocenters. The van der Waals surface area contributed by atoms with E-state index >= 15 is 0 Å². The van der Waals surface area contributed by atoms with Gasteiger partial charge in [0.05, 0.1) is 12.1 Å². The van der Waals surface area contributed by atoms with Crippen LogP contribution in [0, 0.1) is 5.21 Å². The maximum absolute atomic E-state index is 13.2. The standard InChI is InChI=1S/C21H25N3O5S/c1-21(2,3)24-20(25)18(19(30(24,27)28)16-9-5-4-6-10-16)22-12-8-14-29-17-11-7-13-23(26)15-17/h4-7,9-11,13,15,19H,8,12,14H2,1-3H3. The molecular weight excluding hydrogens is 406 g/mol. The molecule has 0 radical (unpaired) electrons. The Morgan fingerprint density at radius 2 is 1.87 bits per heavy atom. The normalized spacial score (nSPS) is 20.0. The van der Waals surface area contributed by atoms with Gasteiger partial charge in [0.1, 0.15) is 5.71 Å². The Morgan fingerprint density at radius 3 is 2.50 bits per heavy atom. The van der Waals surface area contributed by atoms with E-state index in [-0.39, 0.29) is 18.9 Å². The highest BCUT2D eigenvalue weighted by Crippen LogP contribution is 2.38. The Kier molecular flexibility index (Phi) is 6.12. The molecule has 0 N–H and O–H groups in total. The van der Waals surface area contributed by atoms with Crippen LogP contribution in [0.5, 0.6) is 5.75 Å². The van der Waals surface area contributed by atoms with Gasteiger partial charge >= 0.3 is 0 Å². The zero-order valence-corrected chi connectivity index (χ0v) is 18.0. The average molecular weight is 432 g/mol. The monoisotopic (exact) mass is 431 g/mol. The largest absolute Gasteiger partial charge is 0.619 e. The number of hydrogen-bond acceptors (Lipinski definition) is 6. The smallest absolute Gasteiger partial charge is 0.283 e. The second-order valence-corrected chi connectivity index (χ2v) is 9.81. The zero-order chi connectivity index (χ0) is 21.9. The van der Waals surface area contributed by atoms with E-state index in [2.05, 4.69) is 4.99 Å². The molecule has 1 unspecified atom stereocenters. The lowest BCUT2D eigenvalue weighted by atomic mass is 10.1. The predicted octanol–water partition coefficient (Wildman–Crippen LogP) is 2.24. The highest BCUT2D eigenvalue weighted by Gasteiger charge is 2.54. The molecule has 2 heterocycles. The van der Waals surface area contributed by atoms with Crippen LogP contribution in [0.4, 0.5) is 0 Å². The van der Waals surface area contributed by atoms with Crippen LogP contribution in [0.25, 0.3) is 0 Å². The number of carbonyl (C=O) groups is 1. The summed E-state index contributed by atoms with van der Waals surface area (Å²) in [6.07, 6.45) is 3.13. The van der Waals surface area contributed by atoms with Crippen LogP contribution in [0.15, 0.2) is 59.9 Å². The first-order valence-electron chi connectivity index (χ1n) is 9.62. The van der Waals surface area contributed by atoms with Crippen molar-refractivity contribution in [2.24, 2.45) is 4.99 Å². The van der Waals surface area contributed by atoms with Gasteiger partial charge in [0, 0.05) is 19.0 Å². The summed E-state index contributed by atoms with van der Waals surface area (Å²) in [7, 11) is -3.94. The fourth-order valence-electron chi connectivity index (χ4n) is 3.35. The van der Waals surface area contributed by atoms with Crippen LogP contribution < -0.4 is 9.47 Å². The summed E-state index contributed by atoms with van der Waals surface area (Å²) in [6.45, 7) is 5.55. The van der Waals surface area contributed by atoms with Gasteiger partial charge in [-0.05, 0) is 32.4 Å². The van der Waals surface area contributed by atoms with Gasteiger partial charge in [-0.15, -0.1) is 0 Å². The number of aliphatic imine (C=N–C) groups is 1. The summed E-state index contributed by atoms with van der Waals surface area (Å²) < 4.78 is 33.5. The van der Waals surface area contributed by atoms with Crippen molar-refractivity contribution < 1.29 is 22.7 Å². The molecule has 1 aromatic carbocycles. The van der Waals surface area contributed by atoms with Gasteiger partial charge in [-0.2, -0.15) is 4.73 Å². The zero-order valence-electron chi connectivity index (χ0n) is 17.2. The third-order valence-electron chi connectivity index (χ3n) is 4.52. The summed E-state index contributed by atoms with van der Waals surface area (Å²) in [6, 6.07) is 11.9. The average Bonchev–Trinajstić information content (AvgIpc) is 2.87. The Bertz CT molecular complexity index is 1050. The second-order valence-electron chi connectivity index (χ2n) is 7.94. The minimum atomic E-state index is -3.94. The molecule has 0 aliphatic carbocycles. The van der Waals surface area contributed by atoms with Gasteiger partial charge in [0.15, 0.2) is 17.2 Å². The number of nitrogens with zero attached hydrogens (tertiary/aromatic N) is 3. The van der Waals surface area contributed by atoms with Crippen molar-refractivity contribution in [1.82, 2.24) is 4.31 Å². The highest BCUT2D eigenvalue weighted by molar-refractivity contribution is 7.91. The first-order valence-corrected chi connectivity index (χ1v) is 11.1. The van der Waals surface area contributed by atoms with Gasteiger partial charge in [0.25, 0.3) is 15.9 Å². The lowest BCUT2D eigenvalue weighted by molar-refractivity contribution is -0.605. The number of rotatable bonds is 6. The molecule has 160 valence electrons. The molecule has 1 aromatic heterocycles. The third kappa shape index (κ3) is 4.46. The topological polar surface area (TPSA) is 103 Å². The van der Waals surface area contributed by atoms with Crippen LogP contribution in [0.2, 0.25) is 0 Å². The van der Waals surface area contributed by atoms with E-state index in [1.165, 1.54) is 12.4 Å². The predicted molar refractivity (Wildman–Crippen MR) is 113 cm³/mol. The number of carbonyl (C=O) groups excluding carboxylic acids is 1. The molecule has 0 saturated carbocycles. The van der Waals surface area contributed by atoms with Crippen LogP contribution in [0.3, 0.4) is 0 Å². The number of amides is 1. The molecule has 1 aliphatic rings. The van der Waals surface area contributed by atoms with E-state index in [0.29, 0.717) is 22.5 Å². The molecular formula is C21H25N3O5S. The van der Waals surface area contributed by atoms with E-state index in [1.54, 1.807) is 63.2 Å². The van der Waals surface area contributed by atoms with Crippen LogP contribution in [-0.2, 0) is 14.8 Å². The summed E-state index contributed by atoms with van der Waals surface area (Å²) in [4.78, 5) is 17.4. The Morgan fingerprint density at radius 1 is 1.17 bits per heavy atom. The van der Waals surface area contributed by atoms with Gasteiger partial charge in [-0.25, -0.2) is 12.7 Å². The maximum atomic E-state index is 13.2. The van der Waals surface area contributed by atoms with Gasteiger partial charge in [-0.3, -0.25) is 9.79 Å². The number of pyridine rings is 1. The number of sulfonamides is 1. The summed E-state index contributed by atoms with van der Waals surface area (Å²) >= 11 is 0. The van der Waals surface area contributed by atoms with Gasteiger partial charge in [0.2, 0.25) is 6.20 Å². The first-order chi connectivity index (χ1) is 14.1. The van der Waals surface area contributed by atoms with Crippen LogP contribution in [0.1, 0.15) is 38.0 Å². The fourth-order valence-corrected chi connectivity index (χ4v) is 5.60. The van der Waals surface area contributed by atoms with Gasteiger partial charge < -0.3 is 9.94 Å². The van der Waals surface area contributed by atoms with Crippen molar-refractivity contribution >= 4 is 21.6 Å². The third-order valence-corrected chi connectivity index (χ3v) is 6.83. The van der Waals surface area contributed by atoms with E-state index in [9.17, 15) is 18.4 Å². The van der Waals surface area contributed by atoms with Crippen molar-refractivity contribution in [1.29, 1.82) is 0 Å². The second kappa shape index (κ2) is 8.43. The molecule has 1 saturated heterocycles. The molecule has 1 fully saturated rings. The maximum Gasteiger partial charge on any atom is 0.283 e. The van der Waals surface area contributed by atoms with E-state index in [4.69, 9.17) is 4.74 Å². The van der Waals surface area contributed by atoms with Gasteiger partial charge in [-0.1, -0.05) is 30.3 Å². The first kappa shape index (κ1) is 21.8. The summed E-state index contributed by atoms with van der Waals surface area (Å²) in [5.41, 5.74) is -0.366. The van der Waals surface area contributed by atoms with E-state index < -0.39 is 26.7 Å². The lowest BCUT2D eigenvalue weighted by Crippen LogP contribution is -2.45. The van der Waals surface area contributed by atoms with Crippen molar-refractivity contribution in [3.05, 3.63) is 65.6 Å². The molecule has 1 amide bonds. The fraction of sp³-hybridized carbons (Fsp3) is 0.381.